The van der Waals surface area contributed by atoms with Crippen LogP contribution in [0.3, 0.4) is 0 Å². The normalized spacial score (nSPS) is 15.5. The van der Waals surface area contributed by atoms with Gasteiger partial charge in [-0.15, -0.1) is 0 Å². The number of benzene rings is 1. The second kappa shape index (κ2) is 11.6. The van der Waals surface area contributed by atoms with Crippen molar-refractivity contribution in [3.8, 4) is 6.07 Å². The summed E-state index contributed by atoms with van der Waals surface area (Å²) < 4.78 is 26.6. The number of rotatable bonds is 10. The van der Waals surface area contributed by atoms with Gasteiger partial charge in [0.2, 0.25) is 15.9 Å². The van der Waals surface area contributed by atoms with Crippen LogP contribution in [0.5, 0.6) is 0 Å². The number of aromatic amines is 1. The van der Waals surface area contributed by atoms with Crippen LogP contribution in [0.25, 0.3) is 6.08 Å². The van der Waals surface area contributed by atoms with Crippen molar-refractivity contribution in [1.29, 1.82) is 5.26 Å². The topological polar surface area (TPSA) is 145 Å². The number of unbranched alkanes of at least 4 members (excludes halogenated alkanes) is 2. The number of sulfonamides is 1. The Morgan fingerprint density at radius 2 is 1.97 bits per heavy atom. The fourth-order valence-corrected chi connectivity index (χ4v) is 5.07. The number of aromatic nitrogens is 2. The summed E-state index contributed by atoms with van der Waals surface area (Å²) in [5.41, 5.74) is 7.61. The third-order valence-corrected chi connectivity index (χ3v) is 7.37. The van der Waals surface area contributed by atoms with Gasteiger partial charge in [-0.25, -0.2) is 8.42 Å². The molecule has 2 aromatic rings. The third-order valence-electron chi connectivity index (χ3n) is 5.80. The summed E-state index contributed by atoms with van der Waals surface area (Å²) in [7, 11) is -3.50. The molecule has 9 nitrogen and oxygen atoms in total. The molecule has 1 amide bonds. The van der Waals surface area contributed by atoms with Gasteiger partial charge in [0.1, 0.15) is 11.6 Å². The van der Waals surface area contributed by atoms with E-state index in [-0.39, 0.29) is 17.6 Å². The number of aryl methyl sites for hydroxylation is 1. The second-order valence-electron chi connectivity index (χ2n) is 8.11. The number of nitrogens with zero attached hydrogens (tertiary/aromatic N) is 3. The minimum Gasteiger partial charge on any atom is -0.381 e. The fourth-order valence-electron chi connectivity index (χ4n) is 3.85. The van der Waals surface area contributed by atoms with Gasteiger partial charge >= 0.3 is 0 Å². The third kappa shape index (κ3) is 6.91. The lowest BCUT2D eigenvalue weighted by molar-refractivity contribution is -0.126. The molecule has 0 aliphatic carbocycles. The number of nitrogens with one attached hydrogen (secondary N) is 2. The highest BCUT2D eigenvalue weighted by atomic mass is 32.2. The molecule has 176 valence electrons. The van der Waals surface area contributed by atoms with Crippen molar-refractivity contribution < 1.29 is 13.2 Å². The van der Waals surface area contributed by atoms with E-state index in [4.69, 9.17) is 11.0 Å². The molecule has 2 heterocycles. The molecule has 1 aromatic heterocycles. The number of nitriles is 1. The Kier molecular flexibility index (Phi) is 8.63. The second-order valence-corrected chi connectivity index (χ2v) is 9.93. The van der Waals surface area contributed by atoms with Crippen LogP contribution in [0.1, 0.15) is 48.9 Å². The number of H-pyrrole nitrogens is 1. The molecule has 4 N–H and O–H groups in total. The average Bonchev–Trinajstić information content (AvgIpc) is 3.19. The number of nitrogen functional groups attached to an aromatic ring is 1. The lowest BCUT2D eigenvalue weighted by Crippen LogP contribution is -2.42. The highest BCUT2D eigenvalue weighted by molar-refractivity contribution is 7.92. The molecule has 10 heteroatoms. The average molecular weight is 471 g/mol. The standard InChI is InChI=1S/C23H30N6O3S/c24-17-20-21(27-28-22(20)25)9-5-2-6-13-26-23(30)19-10-14-29(15-11-19)33(31,32)16-12-18-7-3-1-4-8-18/h1,3-4,7-8,12,16,19H,2,5-6,9-11,13-15H2,(H,26,30)(H3,25,27,28)/b16-12+. The zero-order valence-electron chi connectivity index (χ0n) is 18.5. The number of carbonyl (C=O) groups excluding carboxylic acids is 1. The van der Waals surface area contributed by atoms with E-state index in [0.29, 0.717) is 44.5 Å². The number of amides is 1. The van der Waals surface area contributed by atoms with Gasteiger partial charge in [-0.2, -0.15) is 14.7 Å². The Bertz CT molecular complexity index is 1100. The van der Waals surface area contributed by atoms with Crippen LogP contribution in [-0.4, -0.2) is 48.5 Å². The predicted octanol–water partition coefficient (Wildman–Crippen LogP) is 2.41. The first-order chi connectivity index (χ1) is 15.9. The minimum atomic E-state index is -3.50. The number of hydrogen-bond donors (Lipinski definition) is 3. The molecule has 0 radical (unpaired) electrons. The Hall–Kier alpha value is -3.16. The van der Waals surface area contributed by atoms with Gasteiger partial charge < -0.3 is 11.1 Å². The SMILES string of the molecule is N#Cc1c(N)n[nH]c1CCCCCNC(=O)C1CCN(S(=O)(=O)/C=C/c2ccccc2)CC1. The van der Waals surface area contributed by atoms with Crippen LogP contribution in [0, 0.1) is 17.2 Å². The van der Waals surface area contributed by atoms with E-state index in [9.17, 15) is 13.2 Å². The van der Waals surface area contributed by atoms with E-state index < -0.39 is 10.0 Å². The van der Waals surface area contributed by atoms with E-state index in [1.165, 1.54) is 9.71 Å². The Morgan fingerprint density at radius 3 is 2.67 bits per heavy atom. The summed E-state index contributed by atoms with van der Waals surface area (Å²) in [6.45, 7) is 1.26. The van der Waals surface area contributed by atoms with Crippen LogP contribution in [-0.2, 0) is 21.2 Å². The summed E-state index contributed by atoms with van der Waals surface area (Å²) >= 11 is 0. The van der Waals surface area contributed by atoms with Crippen LogP contribution in [0.2, 0.25) is 0 Å². The molecule has 1 aromatic carbocycles. The largest absolute Gasteiger partial charge is 0.381 e. The number of nitrogens with two attached hydrogens (primary N) is 1. The van der Waals surface area contributed by atoms with E-state index in [1.807, 2.05) is 30.3 Å². The molecule has 1 aliphatic heterocycles. The van der Waals surface area contributed by atoms with Crippen molar-refractivity contribution in [1.82, 2.24) is 19.8 Å². The molecule has 1 aliphatic rings. The summed E-state index contributed by atoms with van der Waals surface area (Å²) in [4.78, 5) is 12.4. The van der Waals surface area contributed by atoms with Gasteiger partial charge in [-0.05, 0) is 43.7 Å². The molecule has 0 unspecified atom stereocenters. The monoisotopic (exact) mass is 470 g/mol. The molecular weight excluding hydrogens is 440 g/mol. The summed E-state index contributed by atoms with van der Waals surface area (Å²) in [6.07, 6.45) is 5.90. The zero-order valence-corrected chi connectivity index (χ0v) is 19.4. The van der Waals surface area contributed by atoms with Crippen molar-refractivity contribution in [2.45, 2.75) is 38.5 Å². The molecule has 3 rings (SSSR count). The van der Waals surface area contributed by atoms with Gasteiger partial charge in [0.05, 0.1) is 5.69 Å². The van der Waals surface area contributed by atoms with Crippen LogP contribution < -0.4 is 11.1 Å². The van der Waals surface area contributed by atoms with E-state index in [1.54, 1.807) is 6.08 Å². The van der Waals surface area contributed by atoms with Crippen molar-refractivity contribution in [3.05, 3.63) is 52.6 Å². The molecule has 0 saturated carbocycles. The molecule has 0 bridgehead atoms. The van der Waals surface area contributed by atoms with Crippen molar-refractivity contribution in [3.63, 3.8) is 0 Å². The molecule has 33 heavy (non-hydrogen) atoms. The van der Waals surface area contributed by atoms with Crippen LogP contribution in [0.15, 0.2) is 35.7 Å². The number of piperidine rings is 1. The predicted molar refractivity (Wildman–Crippen MR) is 127 cm³/mol. The fraction of sp³-hybridized carbons (Fsp3) is 0.435. The maximum absolute atomic E-state index is 12.6. The Balaban J connectivity index is 1.34. The Morgan fingerprint density at radius 1 is 1.24 bits per heavy atom. The number of carbonyl (C=O) groups is 1. The van der Waals surface area contributed by atoms with Gasteiger partial charge in [-0.3, -0.25) is 9.89 Å². The highest BCUT2D eigenvalue weighted by Crippen LogP contribution is 2.21. The first kappa shape index (κ1) is 24.5. The Labute approximate surface area is 194 Å². The molecule has 0 spiro atoms. The summed E-state index contributed by atoms with van der Waals surface area (Å²) in [5, 5.41) is 19.9. The van der Waals surface area contributed by atoms with Gasteiger partial charge in [-0.1, -0.05) is 36.8 Å². The van der Waals surface area contributed by atoms with Gasteiger partial charge in [0.25, 0.3) is 0 Å². The summed E-state index contributed by atoms with van der Waals surface area (Å²) in [6, 6.07) is 11.3. The van der Waals surface area contributed by atoms with Crippen molar-refractivity contribution >= 4 is 27.8 Å². The lowest BCUT2D eigenvalue weighted by atomic mass is 9.97. The van der Waals surface area contributed by atoms with Crippen LogP contribution >= 0.6 is 0 Å². The summed E-state index contributed by atoms with van der Waals surface area (Å²) in [5.74, 6) is 0.0477. The molecule has 0 atom stereocenters. The molecular formula is C23H30N6O3S. The zero-order chi connectivity index (χ0) is 23.7. The number of anilines is 1. The first-order valence-corrected chi connectivity index (χ1v) is 12.6. The lowest BCUT2D eigenvalue weighted by Gasteiger charge is -2.29. The molecule has 1 saturated heterocycles. The van der Waals surface area contributed by atoms with Gasteiger partial charge in [0, 0.05) is 31.0 Å². The van der Waals surface area contributed by atoms with Crippen molar-refractivity contribution in [2.24, 2.45) is 5.92 Å². The number of hydrogen-bond acceptors (Lipinski definition) is 6. The smallest absolute Gasteiger partial charge is 0.236 e. The van der Waals surface area contributed by atoms with Crippen molar-refractivity contribution in [2.75, 3.05) is 25.4 Å². The van der Waals surface area contributed by atoms with E-state index >= 15 is 0 Å². The highest BCUT2D eigenvalue weighted by Gasteiger charge is 2.29. The maximum atomic E-state index is 12.6. The van der Waals surface area contributed by atoms with Crippen LogP contribution in [0.4, 0.5) is 5.82 Å². The minimum absolute atomic E-state index is 0.0139. The molecule has 1 fully saturated rings. The first-order valence-electron chi connectivity index (χ1n) is 11.1. The van der Waals surface area contributed by atoms with E-state index in [2.05, 4.69) is 21.6 Å². The van der Waals surface area contributed by atoms with E-state index in [0.717, 1.165) is 30.5 Å². The maximum Gasteiger partial charge on any atom is 0.236 e. The quantitative estimate of drug-likeness (QED) is 0.455. The van der Waals surface area contributed by atoms with Gasteiger partial charge in [0.15, 0.2) is 5.82 Å².